The molecule has 1 aliphatic heterocycles. The Hall–Kier alpha value is -2.33. The van der Waals surface area contributed by atoms with Crippen LogP contribution in [-0.4, -0.2) is 19.6 Å². The lowest BCUT2D eigenvalue weighted by Gasteiger charge is -2.23. The van der Waals surface area contributed by atoms with Crippen LogP contribution in [0.25, 0.3) is 0 Å². The number of nitrogens with zero attached hydrogens (tertiary/aromatic N) is 1. The zero-order valence-corrected chi connectivity index (χ0v) is 12.0. The second-order valence-electron chi connectivity index (χ2n) is 5.15. The minimum absolute atomic E-state index is 0.0350. The Morgan fingerprint density at radius 1 is 1.24 bits per heavy atom. The Morgan fingerprint density at radius 2 is 2.00 bits per heavy atom. The molecule has 0 spiro atoms. The Balaban J connectivity index is 1.90. The number of hydrogen-bond donors (Lipinski definition) is 1. The molecule has 1 atom stereocenters. The zero-order valence-electron chi connectivity index (χ0n) is 12.0. The smallest absolute Gasteiger partial charge is 0.260 e. The van der Waals surface area contributed by atoms with Crippen molar-refractivity contribution in [3.05, 3.63) is 59.7 Å². The minimum Gasteiger partial charge on any atom is -0.399 e. The molecule has 1 unspecified atom stereocenters. The van der Waals surface area contributed by atoms with E-state index >= 15 is 0 Å². The highest BCUT2D eigenvalue weighted by Gasteiger charge is 2.31. The number of carbonyl (C=O) groups excluding carboxylic acids is 1. The van der Waals surface area contributed by atoms with Crippen molar-refractivity contribution in [2.45, 2.75) is 12.5 Å². The number of benzene rings is 2. The Bertz CT molecular complexity index is 655. The van der Waals surface area contributed by atoms with Gasteiger partial charge in [-0.2, -0.15) is 0 Å². The molecule has 1 amide bonds. The first-order valence-electron chi connectivity index (χ1n) is 6.98. The quantitative estimate of drug-likeness (QED) is 0.880. The summed E-state index contributed by atoms with van der Waals surface area (Å²) < 4.78 is 5.43. The summed E-state index contributed by atoms with van der Waals surface area (Å²) >= 11 is 0. The third kappa shape index (κ3) is 2.50. The van der Waals surface area contributed by atoms with Crippen molar-refractivity contribution in [1.82, 2.24) is 0 Å². The average molecular weight is 282 g/mol. The van der Waals surface area contributed by atoms with Crippen LogP contribution in [0.4, 0.5) is 11.4 Å². The Morgan fingerprint density at radius 3 is 2.71 bits per heavy atom. The molecular weight excluding hydrogens is 264 g/mol. The van der Waals surface area contributed by atoms with Gasteiger partial charge in [0.25, 0.3) is 5.91 Å². The van der Waals surface area contributed by atoms with Crippen molar-refractivity contribution in [3.8, 4) is 0 Å². The van der Waals surface area contributed by atoms with Crippen molar-refractivity contribution < 1.29 is 9.53 Å². The van der Waals surface area contributed by atoms with Gasteiger partial charge in [-0.15, -0.1) is 0 Å². The fraction of sp³-hybridized carbons (Fsp3) is 0.235. The predicted octanol–water partition coefficient (Wildman–Crippen LogP) is 2.55. The number of carbonyl (C=O) groups is 1. The third-order valence-corrected chi connectivity index (χ3v) is 3.83. The van der Waals surface area contributed by atoms with Crippen molar-refractivity contribution in [2.75, 3.05) is 24.3 Å². The first-order chi connectivity index (χ1) is 10.2. The first-order valence-corrected chi connectivity index (χ1v) is 6.98. The first kappa shape index (κ1) is 13.6. The zero-order chi connectivity index (χ0) is 14.8. The normalized spacial score (nSPS) is 14.8. The molecule has 1 aliphatic rings. The van der Waals surface area contributed by atoms with Gasteiger partial charge in [0.1, 0.15) is 0 Å². The highest BCUT2D eigenvalue weighted by Crippen LogP contribution is 2.32. The molecule has 1 heterocycles. The van der Waals surface area contributed by atoms with Crippen LogP contribution in [0, 0.1) is 0 Å². The van der Waals surface area contributed by atoms with Crippen LogP contribution in [0.3, 0.4) is 0 Å². The SMILES string of the molecule is COC(C(=O)N1CCc2cc(N)ccc21)c1ccccc1. The van der Waals surface area contributed by atoms with Crippen LogP contribution in [-0.2, 0) is 16.0 Å². The van der Waals surface area contributed by atoms with E-state index in [0.717, 1.165) is 28.9 Å². The van der Waals surface area contributed by atoms with Gasteiger partial charge in [0.05, 0.1) is 0 Å². The number of methoxy groups -OCH3 is 1. The van der Waals surface area contributed by atoms with E-state index in [2.05, 4.69) is 0 Å². The maximum absolute atomic E-state index is 12.8. The summed E-state index contributed by atoms with van der Waals surface area (Å²) in [6, 6.07) is 15.2. The molecule has 2 aromatic rings. The third-order valence-electron chi connectivity index (χ3n) is 3.83. The second kappa shape index (κ2) is 5.58. The van der Waals surface area contributed by atoms with Gasteiger partial charge < -0.3 is 15.4 Å². The minimum atomic E-state index is -0.574. The lowest BCUT2D eigenvalue weighted by atomic mass is 10.1. The van der Waals surface area contributed by atoms with Crippen molar-refractivity contribution in [3.63, 3.8) is 0 Å². The fourth-order valence-electron chi connectivity index (χ4n) is 2.80. The van der Waals surface area contributed by atoms with Gasteiger partial charge in [0.15, 0.2) is 6.10 Å². The van der Waals surface area contributed by atoms with Gasteiger partial charge in [-0.05, 0) is 35.7 Å². The van der Waals surface area contributed by atoms with Crippen LogP contribution in [0.1, 0.15) is 17.2 Å². The molecule has 0 saturated carbocycles. The maximum atomic E-state index is 12.8. The molecule has 0 radical (unpaired) electrons. The van der Waals surface area contributed by atoms with E-state index in [1.54, 1.807) is 12.0 Å². The standard InChI is InChI=1S/C17H18N2O2/c1-21-16(12-5-3-2-4-6-12)17(20)19-10-9-13-11-14(18)7-8-15(13)19/h2-8,11,16H,9-10,18H2,1H3. The molecule has 2 N–H and O–H groups in total. The van der Waals surface area contributed by atoms with E-state index in [1.807, 2.05) is 48.5 Å². The van der Waals surface area contributed by atoms with E-state index in [9.17, 15) is 4.79 Å². The topological polar surface area (TPSA) is 55.6 Å². The van der Waals surface area contributed by atoms with E-state index < -0.39 is 6.10 Å². The summed E-state index contributed by atoms with van der Waals surface area (Å²) in [6.07, 6.45) is 0.256. The van der Waals surface area contributed by atoms with Crippen molar-refractivity contribution in [2.24, 2.45) is 0 Å². The second-order valence-corrected chi connectivity index (χ2v) is 5.15. The molecule has 0 bridgehead atoms. The number of fused-ring (bicyclic) bond motifs is 1. The largest absolute Gasteiger partial charge is 0.399 e. The Labute approximate surface area is 124 Å². The van der Waals surface area contributed by atoms with Gasteiger partial charge in [-0.1, -0.05) is 30.3 Å². The molecule has 0 aliphatic carbocycles. The van der Waals surface area contributed by atoms with Gasteiger partial charge >= 0.3 is 0 Å². The van der Waals surface area contributed by atoms with Gasteiger partial charge in [0, 0.05) is 25.0 Å². The van der Waals surface area contributed by atoms with Crippen LogP contribution in [0.2, 0.25) is 0 Å². The summed E-state index contributed by atoms with van der Waals surface area (Å²) in [5, 5.41) is 0. The number of amides is 1. The van der Waals surface area contributed by atoms with E-state index in [-0.39, 0.29) is 5.91 Å². The lowest BCUT2D eigenvalue weighted by molar-refractivity contribution is -0.128. The van der Waals surface area contributed by atoms with Crippen molar-refractivity contribution >= 4 is 17.3 Å². The van der Waals surface area contributed by atoms with Gasteiger partial charge in [-0.25, -0.2) is 0 Å². The summed E-state index contributed by atoms with van der Waals surface area (Å²) in [6.45, 7) is 0.671. The summed E-state index contributed by atoms with van der Waals surface area (Å²) in [7, 11) is 1.57. The maximum Gasteiger partial charge on any atom is 0.260 e. The number of ether oxygens (including phenoxy) is 1. The van der Waals surface area contributed by atoms with E-state index in [0.29, 0.717) is 6.54 Å². The molecule has 4 nitrogen and oxygen atoms in total. The highest BCUT2D eigenvalue weighted by atomic mass is 16.5. The van der Waals surface area contributed by atoms with E-state index in [1.165, 1.54) is 0 Å². The number of nitrogens with two attached hydrogens (primary N) is 1. The monoisotopic (exact) mass is 282 g/mol. The predicted molar refractivity (Wildman–Crippen MR) is 83.1 cm³/mol. The number of hydrogen-bond acceptors (Lipinski definition) is 3. The van der Waals surface area contributed by atoms with Crippen molar-refractivity contribution in [1.29, 1.82) is 0 Å². The summed E-state index contributed by atoms with van der Waals surface area (Å²) in [5.74, 6) is -0.0350. The van der Waals surface area contributed by atoms with E-state index in [4.69, 9.17) is 10.5 Å². The average Bonchev–Trinajstić information content (AvgIpc) is 2.92. The molecule has 3 rings (SSSR count). The number of anilines is 2. The summed E-state index contributed by atoms with van der Waals surface area (Å²) in [5.41, 5.74) is 9.46. The van der Waals surface area contributed by atoms with Crippen LogP contribution < -0.4 is 10.6 Å². The van der Waals surface area contributed by atoms with Crippen LogP contribution in [0.5, 0.6) is 0 Å². The molecule has 108 valence electrons. The molecular formula is C17H18N2O2. The molecule has 0 fully saturated rings. The molecule has 2 aromatic carbocycles. The molecule has 0 saturated heterocycles. The van der Waals surface area contributed by atoms with Gasteiger partial charge in [0.2, 0.25) is 0 Å². The highest BCUT2D eigenvalue weighted by molar-refractivity contribution is 5.99. The lowest BCUT2D eigenvalue weighted by Crippen LogP contribution is -2.34. The Kier molecular flexibility index (Phi) is 3.62. The van der Waals surface area contributed by atoms with Crippen LogP contribution >= 0.6 is 0 Å². The molecule has 21 heavy (non-hydrogen) atoms. The molecule has 4 heteroatoms. The number of nitrogen functional groups attached to an aromatic ring is 1. The van der Waals surface area contributed by atoms with Crippen LogP contribution in [0.15, 0.2) is 48.5 Å². The molecule has 0 aromatic heterocycles. The van der Waals surface area contributed by atoms with Gasteiger partial charge in [-0.3, -0.25) is 4.79 Å². The number of rotatable bonds is 3. The summed E-state index contributed by atoms with van der Waals surface area (Å²) in [4.78, 5) is 14.6. The fourth-order valence-corrected chi connectivity index (χ4v) is 2.80.